The molecule has 0 atom stereocenters. The number of carbonyl (C=O) groups excluding carboxylic acids is 1. The van der Waals surface area contributed by atoms with Gasteiger partial charge in [0.05, 0.1) is 28.7 Å². The lowest BCUT2D eigenvalue weighted by molar-refractivity contribution is -0.137. The molecule has 0 aliphatic heterocycles. The second kappa shape index (κ2) is 9.85. The van der Waals surface area contributed by atoms with Crippen molar-refractivity contribution >= 4 is 34.8 Å². The van der Waals surface area contributed by atoms with Gasteiger partial charge in [0.2, 0.25) is 0 Å². The molecule has 0 aliphatic carbocycles. The minimum absolute atomic E-state index is 0.0167. The lowest BCUT2D eigenvalue weighted by Crippen LogP contribution is -2.20. The summed E-state index contributed by atoms with van der Waals surface area (Å²) < 4.78 is 44.0. The lowest BCUT2D eigenvalue weighted by atomic mass is 10.1. The Hall–Kier alpha value is -4.38. The fourth-order valence-electron chi connectivity index (χ4n) is 2.99. The van der Waals surface area contributed by atoms with Crippen LogP contribution < -0.4 is 21.1 Å². The molecule has 2 amide bonds. The molecule has 4 rings (SSSR count). The van der Waals surface area contributed by atoms with Crippen LogP contribution in [0.2, 0.25) is 5.02 Å². The van der Waals surface area contributed by atoms with Gasteiger partial charge >= 0.3 is 18.2 Å². The standard InChI is InChI=1S/C23H16ClF3N6O2/c24-15-9-19(20(28)29-10-15)13-4-6-18(7-5-13)35-22-30-11-17(12-31-22)33-21(34)32-16-3-1-2-14(8-16)23(25,26)27/h1-12H,(H2,28,29)(H2,32,33,34). The molecular weight excluding hydrogens is 485 g/mol. The third-order valence-corrected chi connectivity index (χ3v) is 4.80. The summed E-state index contributed by atoms with van der Waals surface area (Å²) in [4.78, 5) is 24.2. The number of pyridine rings is 1. The van der Waals surface area contributed by atoms with Crippen LogP contribution in [0.1, 0.15) is 5.56 Å². The summed E-state index contributed by atoms with van der Waals surface area (Å²) in [6, 6.07) is 12.2. The van der Waals surface area contributed by atoms with Crippen LogP contribution in [-0.2, 0) is 6.18 Å². The first-order valence-corrected chi connectivity index (χ1v) is 10.3. The number of anilines is 3. The first-order chi connectivity index (χ1) is 16.7. The predicted octanol–water partition coefficient (Wildman–Crippen LogP) is 6.23. The minimum atomic E-state index is -4.52. The predicted molar refractivity (Wildman–Crippen MR) is 125 cm³/mol. The topological polar surface area (TPSA) is 115 Å². The van der Waals surface area contributed by atoms with Gasteiger partial charge in [-0.25, -0.2) is 19.7 Å². The van der Waals surface area contributed by atoms with Crippen molar-refractivity contribution in [1.29, 1.82) is 0 Å². The number of amides is 2. The molecule has 35 heavy (non-hydrogen) atoms. The Bertz CT molecular complexity index is 1350. The number of benzene rings is 2. The zero-order chi connectivity index (χ0) is 25.0. The van der Waals surface area contributed by atoms with Gasteiger partial charge in [-0.2, -0.15) is 13.2 Å². The molecule has 2 heterocycles. The monoisotopic (exact) mass is 500 g/mol. The van der Waals surface area contributed by atoms with Gasteiger partial charge in [-0.15, -0.1) is 0 Å². The zero-order valence-corrected chi connectivity index (χ0v) is 18.4. The number of nitrogen functional groups attached to an aromatic ring is 1. The average Bonchev–Trinajstić information content (AvgIpc) is 2.82. The van der Waals surface area contributed by atoms with Gasteiger partial charge in [0, 0.05) is 17.4 Å². The van der Waals surface area contributed by atoms with E-state index in [1.54, 1.807) is 30.3 Å². The molecule has 0 unspecified atom stereocenters. The van der Waals surface area contributed by atoms with Crippen LogP contribution in [0.4, 0.5) is 35.2 Å². The fourth-order valence-corrected chi connectivity index (χ4v) is 3.15. The van der Waals surface area contributed by atoms with E-state index in [1.807, 2.05) is 0 Å². The van der Waals surface area contributed by atoms with Crippen LogP contribution in [-0.4, -0.2) is 21.0 Å². The average molecular weight is 501 g/mol. The molecule has 2 aromatic carbocycles. The van der Waals surface area contributed by atoms with Crippen LogP contribution in [0.15, 0.2) is 73.2 Å². The molecule has 0 aliphatic rings. The Morgan fingerprint density at radius 3 is 2.29 bits per heavy atom. The van der Waals surface area contributed by atoms with Crippen molar-refractivity contribution in [3.05, 3.63) is 83.8 Å². The minimum Gasteiger partial charge on any atom is -0.424 e. The van der Waals surface area contributed by atoms with E-state index in [0.717, 1.165) is 17.7 Å². The normalized spacial score (nSPS) is 11.1. The Kier molecular flexibility index (Phi) is 6.69. The highest BCUT2D eigenvalue weighted by atomic mass is 35.5. The summed E-state index contributed by atoms with van der Waals surface area (Å²) >= 11 is 5.98. The number of aromatic nitrogens is 3. The van der Waals surface area contributed by atoms with Crippen molar-refractivity contribution in [2.45, 2.75) is 6.18 Å². The molecule has 0 spiro atoms. The van der Waals surface area contributed by atoms with Crippen LogP contribution in [0, 0.1) is 0 Å². The van der Waals surface area contributed by atoms with Crippen LogP contribution in [0.3, 0.4) is 0 Å². The molecule has 2 aromatic heterocycles. The molecule has 178 valence electrons. The summed E-state index contributed by atoms with van der Waals surface area (Å²) in [5, 5.41) is 5.22. The van der Waals surface area contributed by atoms with Gasteiger partial charge < -0.3 is 21.1 Å². The van der Waals surface area contributed by atoms with Gasteiger partial charge in [-0.05, 0) is 42.0 Å². The van der Waals surface area contributed by atoms with Crippen LogP contribution in [0.25, 0.3) is 11.1 Å². The van der Waals surface area contributed by atoms with Crippen molar-refractivity contribution in [2.24, 2.45) is 0 Å². The first-order valence-electron chi connectivity index (χ1n) is 9.94. The maximum absolute atomic E-state index is 12.8. The Labute approximate surface area is 202 Å². The van der Waals surface area contributed by atoms with Crippen molar-refractivity contribution in [3.63, 3.8) is 0 Å². The molecule has 4 aromatic rings. The highest BCUT2D eigenvalue weighted by Crippen LogP contribution is 2.31. The summed E-state index contributed by atoms with van der Waals surface area (Å²) in [6.45, 7) is 0. The molecule has 0 saturated heterocycles. The Balaban J connectivity index is 1.36. The van der Waals surface area contributed by atoms with Gasteiger partial charge in [0.15, 0.2) is 0 Å². The lowest BCUT2D eigenvalue weighted by Gasteiger charge is -2.11. The molecule has 4 N–H and O–H groups in total. The second-order valence-electron chi connectivity index (χ2n) is 7.12. The SMILES string of the molecule is Nc1ncc(Cl)cc1-c1ccc(Oc2ncc(NC(=O)Nc3cccc(C(F)(F)F)c3)cn2)cc1. The van der Waals surface area contributed by atoms with Gasteiger partial charge in [-0.3, -0.25) is 0 Å². The molecule has 0 bridgehead atoms. The maximum atomic E-state index is 12.8. The van der Waals surface area contributed by atoms with Crippen molar-refractivity contribution in [3.8, 4) is 22.9 Å². The van der Waals surface area contributed by atoms with E-state index >= 15 is 0 Å². The third-order valence-electron chi connectivity index (χ3n) is 4.59. The van der Waals surface area contributed by atoms with E-state index in [9.17, 15) is 18.0 Å². The first kappa shape index (κ1) is 23.8. The number of nitrogens with zero attached hydrogens (tertiary/aromatic N) is 3. The summed E-state index contributed by atoms with van der Waals surface area (Å²) in [5.74, 6) is 0.789. The number of carbonyl (C=O) groups is 1. The zero-order valence-electron chi connectivity index (χ0n) is 17.7. The number of nitrogens with one attached hydrogen (secondary N) is 2. The fraction of sp³-hybridized carbons (Fsp3) is 0.0435. The van der Waals surface area contributed by atoms with Gasteiger partial charge in [0.1, 0.15) is 11.6 Å². The number of halogens is 4. The van der Waals surface area contributed by atoms with E-state index in [0.29, 0.717) is 22.2 Å². The highest BCUT2D eigenvalue weighted by Gasteiger charge is 2.30. The quantitative estimate of drug-likeness (QED) is 0.299. The smallest absolute Gasteiger partial charge is 0.416 e. The van der Waals surface area contributed by atoms with Gasteiger partial charge in [-0.1, -0.05) is 29.8 Å². The number of urea groups is 1. The van der Waals surface area contributed by atoms with Crippen LogP contribution >= 0.6 is 11.6 Å². The largest absolute Gasteiger partial charge is 0.424 e. The Morgan fingerprint density at radius 1 is 0.914 bits per heavy atom. The summed E-state index contributed by atoms with van der Waals surface area (Å²) in [7, 11) is 0. The molecule has 0 fully saturated rings. The molecule has 0 saturated carbocycles. The second-order valence-corrected chi connectivity index (χ2v) is 7.56. The van der Waals surface area contributed by atoms with Crippen LogP contribution in [0.5, 0.6) is 11.8 Å². The van der Waals surface area contributed by atoms with Gasteiger partial charge in [0.25, 0.3) is 0 Å². The number of rotatable bonds is 5. The molecule has 8 nitrogen and oxygen atoms in total. The van der Waals surface area contributed by atoms with E-state index in [1.165, 1.54) is 30.7 Å². The molecule has 12 heteroatoms. The summed E-state index contributed by atoms with van der Waals surface area (Å²) in [5.41, 5.74) is 6.69. The van der Waals surface area contributed by atoms with Crippen molar-refractivity contribution in [1.82, 2.24) is 15.0 Å². The molecule has 0 radical (unpaired) electrons. The summed E-state index contributed by atoms with van der Waals surface area (Å²) in [6.07, 6.45) is -0.470. The Morgan fingerprint density at radius 2 is 1.60 bits per heavy atom. The molecular formula is C23H16ClF3N6O2. The third kappa shape index (κ3) is 6.15. The maximum Gasteiger partial charge on any atom is 0.416 e. The number of ether oxygens (including phenoxy) is 1. The number of hydrogen-bond acceptors (Lipinski definition) is 6. The van der Waals surface area contributed by atoms with E-state index < -0.39 is 17.8 Å². The number of alkyl halides is 3. The van der Waals surface area contributed by atoms with E-state index in [-0.39, 0.29) is 17.4 Å². The van der Waals surface area contributed by atoms with Crippen molar-refractivity contribution < 1.29 is 22.7 Å². The number of hydrogen-bond donors (Lipinski definition) is 3. The highest BCUT2D eigenvalue weighted by molar-refractivity contribution is 6.30. The number of nitrogens with two attached hydrogens (primary N) is 1. The van der Waals surface area contributed by atoms with E-state index in [2.05, 4.69) is 25.6 Å². The van der Waals surface area contributed by atoms with E-state index in [4.69, 9.17) is 22.1 Å². The van der Waals surface area contributed by atoms with Crippen molar-refractivity contribution in [2.75, 3.05) is 16.4 Å².